The number of ether oxygens (including phenoxy) is 3. The van der Waals surface area contributed by atoms with Crippen LogP contribution in [0.2, 0.25) is 0 Å². The number of esters is 2. The second kappa shape index (κ2) is 9.27. The van der Waals surface area contributed by atoms with Crippen LogP contribution in [0.5, 0.6) is 11.5 Å². The highest BCUT2D eigenvalue weighted by Gasteiger charge is 2.24. The van der Waals surface area contributed by atoms with E-state index >= 15 is 0 Å². The van der Waals surface area contributed by atoms with Crippen molar-refractivity contribution in [3.05, 3.63) is 113 Å². The first-order valence-electron chi connectivity index (χ1n) is 11.0. The van der Waals surface area contributed by atoms with E-state index in [1.807, 2.05) is 61.5 Å². The number of hydrogen-bond acceptors (Lipinski definition) is 6. The number of nitrogens with zero attached hydrogens (tertiary/aromatic N) is 1. The van der Waals surface area contributed by atoms with Crippen molar-refractivity contribution in [2.24, 2.45) is 4.99 Å². The molecule has 1 aliphatic heterocycles. The maximum absolute atomic E-state index is 12.6. The van der Waals surface area contributed by atoms with E-state index < -0.39 is 11.9 Å². The summed E-state index contributed by atoms with van der Waals surface area (Å²) >= 11 is 0. The Kier molecular flexibility index (Phi) is 5.85. The van der Waals surface area contributed by atoms with Crippen molar-refractivity contribution in [1.29, 1.82) is 0 Å². The number of aryl methyl sites for hydroxylation is 1. The fraction of sp³-hybridized carbons (Fsp3) is 0.0690. The average Bonchev–Trinajstić information content (AvgIpc) is 3.24. The molecule has 0 atom stereocenters. The fourth-order valence-corrected chi connectivity index (χ4v) is 3.83. The monoisotopic (exact) mass is 463 g/mol. The summed E-state index contributed by atoms with van der Waals surface area (Å²) in [6.07, 6.45) is 1.60. The van der Waals surface area contributed by atoms with E-state index in [0.717, 1.165) is 21.9 Å². The molecule has 172 valence electrons. The number of aliphatic imine (C=N–C) groups is 1. The molecule has 0 amide bonds. The predicted octanol–water partition coefficient (Wildman–Crippen LogP) is 5.72. The van der Waals surface area contributed by atoms with Gasteiger partial charge in [0.15, 0.2) is 17.2 Å². The normalized spacial score (nSPS) is 14.1. The molecule has 5 rings (SSSR count). The van der Waals surface area contributed by atoms with Crippen LogP contribution in [-0.4, -0.2) is 24.9 Å². The first-order chi connectivity index (χ1) is 17.0. The number of carbonyl (C=O) groups is 2. The van der Waals surface area contributed by atoms with E-state index in [1.54, 1.807) is 36.4 Å². The number of hydrogen-bond donors (Lipinski definition) is 0. The SMILES string of the molecule is COc1cc(/C=C2\N=C(c3ccc4ccccc4c3)OC2=O)ccc1OC(=O)c1ccccc1C. The highest BCUT2D eigenvalue weighted by Crippen LogP contribution is 2.31. The van der Waals surface area contributed by atoms with Gasteiger partial charge in [-0.1, -0.05) is 54.6 Å². The van der Waals surface area contributed by atoms with Crippen molar-refractivity contribution in [3.63, 3.8) is 0 Å². The molecule has 0 spiro atoms. The summed E-state index contributed by atoms with van der Waals surface area (Å²) in [4.78, 5) is 29.5. The Labute approximate surface area is 202 Å². The minimum Gasteiger partial charge on any atom is -0.493 e. The summed E-state index contributed by atoms with van der Waals surface area (Å²) in [5.74, 6) is -0.134. The lowest BCUT2D eigenvalue weighted by atomic mass is 10.1. The number of benzene rings is 4. The molecule has 1 aliphatic rings. The smallest absolute Gasteiger partial charge is 0.363 e. The van der Waals surface area contributed by atoms with Crippen LogP contribution in [0.1, 0.15) is 27.0 Å². The molecule has 6 heteroatoms. The van der Waals surface area contributed by atoms with Gasteiger partial charge in [-0.05, 0) is 65.2 Å². The second-order valence-electron chi connectivity index (χ2n) is 8.01. The third kappa shape index (κ3) is 4.54. The molecule has 1 heterocycles. The van der Waals surface area contributed by atoms with Crippen LogP contribution in [0.4, 0.5) is 0 Å². The first kappa shape index (κ1) is 22.1. The van der Waals surface area contributed by atoms with E-state index in [2.05, 4.69) is 4.99 Å². The molecule has 35 heavy (non-hydrogen) atoms. The first-order valence-corrected chi connectivity index (χ1v) is 11.0. The van der Waals surface area contributed by atoms with Crippen molar-refractivity contribution < 1.29 is 23.8 Å². The van der Waals surface area contributed by atoms with Crippen molar-refractivity contribution in [3.8, 4) is 11.5 Å². The summed E-state index contributed by atoms with van der Waals surface area (Å²) in [6.45, 7) is 1.84. The Morgan fingerprint density at radius 3 is 2.46 bits per heavy atom. The Balaban J connectivity index is 1.40. The molecule has 4 aromatic rings. The average molecular weight is 463 g/mol. The summed E-state index contributed by atoms with van der Waals surface area (Å²) in [7, 11) is 1.48. The molecule has 0 bridgehead atoms. The van der Waals surface area contributed by atoms with E-state index in [1.165, 1.54) is 7.11 Å². The number of rotatable bonds is 5. The van der Waals surface area contributed by atoms with Crippen molar-refractivity contribution >= 4 is 34.7 Å². The summed E-state index contributed by atoms with van der Waals surface area (Å²) < 4.78 is 16.4. The lowest BCUT2D eigenvalue weighted by Gasteiger charge is -2.11. The maximum atomic E-state index is 12.6. The number of fused-ring (bicyclic) bond motifs is 1. The van der Waals surface area contributed by atoms with Crippen molar-refractivity contribution in [2.75, 3.05) is 7.11 Å². The Bertz CT molecular complexity index is 1530. The van der Waals surface area contributed by atoms with Gasteiger partial charge in [0.05, 0.1) is 12.7 Å². The van der Waals surface area contributed by atoms with Gasteiger partial charge in [0.25, 0.3) is 0 Å². The van der Waals surface area contributed by atoms with E-state index in [-0.39, 0.29) is 17.3 Å². The standard InChI is InChI=1S/C29H21NO5/c1-18-7-3-6-10-23(18)28(31)34-25-14-11-19(16-26(25)33-2)15-24-29(32)35-27(30-24)22-13-12-20-8-4-5-9-21(20)17-22/h3-17H,1-2H3/b24-15-. The highest BCUT2D eigenvalue weighted by atomic mass is 16.6. The van der Waals surface area contributed by atoms with Gasteiger partial charge in [-0.15, -0.1) is 0 Å². The van der Waals surface area contributed by atoms with Gasteiger partial charge in [-0.2, -0.15) is 0 Å². The molecule has 0 radical (unpaired) electrons. The van der Waals surface area contributed by atoms with Crippen LogP contribution < -0.4 is 9.47 Å². The molecule has 0 N–H and O–H groups in total. The van der Waals surface area contributed by atoms with Crippen molar-refractivity contribution in [1.82, 2.24) is 0 Å². The van der Waals surface area contributed by atoms with Crippen LogP contribution >= 0.6 is 0 Å². The second-order valence-corrected chi connectivity index (χ2v) is 8.01. The van der Waals surface area contributed by atoms with Gasteiger partial charge in [0.1, 0.15) is 0 Å². The Hall–Kier alpha value is -4.71. The lowest BCUT2D eigenvalue weighted by Crippen LogP contribution is -2.10. The molecule has 0 saturated carbocycles. The lowest BCUT2D eigenvalue weighted by molar-refractivity contribution is -0.129. The van der Waals surface area contributed by atoms with Crippen molar-refractivity contribution in [2.45, 2.75) is 6.92 Å². The van der Waals surface area contributed by atoms with Crippen LogP contribution in [0, 0.1) is 6.92 Å². The Morgan fingerprint density at radius 2 is 1.66 bits per heavy atom. The van der Waals surface area contributed by atoms with Crippen LogP contribution in [0.25, 0.3) is 16.8 Å². The van der Waals surface area contributed by atoms with E-state index in [0.29, 0.717) is 16.9 Å². The summed E-state index contributed by atoms with van der Waals surface area (Å²) in [6, 6.07) is 25.9. The highest BCUT2D eigenvalue weighted by molar-refractivity contribution is 6.13. The Morgan fingerprint density at radius 1 is 0.886 bits per heavy atom. The maximum Gasteiger partial charge on any atom is 0.363 e. The predicted molar refractivity (Wildman–Crippen MR) is 134 cm³/mol. The number of carbonyl (C=O) groups excluding carboxylic acids is 2. The summed E-state index contributed by atoms with van der Waals surface area (Å²) in [5.41, 5.74) is 2.83. The van der Waals surface area contributed by atoms with E-state index in [4.69, 9.17) is 14.2 Å². The summed E-state index contributed by atoms with van der Waals surface area (Å²) in [5, 5.41) is 2.12. The largest absolute Gasteiger partial charge is 0.493 e. The molecular weight excluding hydrogens is 442 g/mol. The van der Waals surface area contributed by atoms with E-state index in [9.17, 15) is 9.59 Å². The zero-order valence-electron chi connectivity index (χ0n) is 19.1. The molecular formula is C29H21NO5. The van der Waals surface area contributed by atoms with Crippen LogP contribution in [-0.2, 0) is 9.53 Å². The van der Waals surface area contributed by atoms with Gasteiger partial charge >= 0.3 is 11.9 Å². The van der Waals surface area contributed by atoms with Crippen LogP contribution in [0.3, 0.4) is 0 Å². The van der Waals surface area contributed by atoms with Gasteiger partial charge < -0.3 is 14.2 Å². The third-order valence-corrected chi connectivity index (χ3v) is 5.68. The minimum absolute atomic E-state index is 0.167. The topological polar surface area (TPSA) is 74.2 Å². The van der Waals surface area contributed by atoms with Gasteiger partial charge in [0.2, 0.25) is 5.90 Å². The zero-order chi connectivity index (χ0) is 24.4. The van der Waals surface area contributed by atoms with Crippen LogP contribution in [0.15, 0.2) is 95.6 Å². The fourth-order valence-electron chi connectivity index (χ4n) is 3.83. The molecule has 0 saturated heterocycles. The molecule has 0 aliphatic carbocycles. The molecule has 0 unspecified atom stereocenters. The molecule has 0 aromatic heterocycles. The third-order valence-electron chi connectivity index (χ3n) is 5.68. The number of methoxy groups -OCH3 is 1. The quantitative estimate of drug-likeness (QED) is 0.215. The molecule has 0 fully saturated rings. The van der Waals surface area contributed by atoms with Gasteiger partial charge in [-0.25, -0.2) is 14.6 Å². The zero-order valence-corrected chi connectivity index (χ0v) is 19.1. The minimum atomic E-state index is -0.540. The molecule has 6 nitrogen and oxygen atoms in total. The van der Waals surface area contributed by atoms with Gasteiger partial charge in [-0.3, -0.25) is 0 Å². The van der Waals surface area contributed by atoms with Gasteiger partial charge in [0, 0.05) is 5.56 Å². The molecule has 4 aromatic carbocycles. The number of cyclic esters (lactones) is 1.